The number of amides is 1. The highest BCUT2D eigenvalue weighted by Gasteiger charge is 2.15. The fourth-order valence-corrected chi connectivity index (χ4v) is 2.69. The predicted molar refractivity (Wildman–Crippen MR) is 101 cm³/mol. The van der Waals surface area contributed by atoms with Crippen molar-refractivity contribution in [3.8, 4) is 5.75 Å². The molecule has 6 nitrogen and oxygen atoms in total. The van der Waals surface area contributed by atoms with Gasteiger partial charge in [-0.15, -0.1) is 0 Å². The molecule has 1 amide bonds. The van der Waals surface area contributed by atoms with Gasteiger partial charge in [-0.2, -0.15) is 5.10 Å². The summed E-state index contributed by atoms with van der Waals surface area (Å²) in [7, 11) is 3.95. The maximum Gasteiger partial charge on any atom is 0.273 e. The Morgan fingerprint density at radius 1 is 1.20 bits per heavy atom. The van der Waals surface area contributed by atoms with Gasteiger partial charge in [0.05, 0.1) is 11.8 Å². The molecule has 0 radical (unpaired) electrons. The molecule has 1 aromatic heterocycles. The van der Waals surface area contributed by atoms with Crippen LogP contribution in [0.1, 0.15) is 21.6 Å². The molecule has 6 heteroatoms. The minimum atomic E-state index is -0.324. The second-order valence-electron chi connectivity index (χ2n) is 6.04. The van der Waals surface area contributed by atoms with Crippen LogP contribution in [0.2, 0.25) is 0 Å². The lowest BCUT2D eigenvalue weighted by Crippen LogP contribution is -2.18. The van der Waals surface area contributed by atoms with E-state index in [0.717, 1.165) is 22.5 Å². The molecule has 3 aromatic rings. The molecular formula is C19H20N4O2. The molecule has 3 rings (SSSR count). The van der Waals surface area contributed by atoms with E-state index in [1.54, 1.807) is 24.4 Å². The number of carbonyl (C=O) groups is 1. The largest absolute Gasteiger partial charge is 0.508 e. The van der Waals surface area contributed by atoms with Gasteiger partial charge < -0.3 is 15.0 Å². The van der Waals surface area contributed by atoms with E-state index in [4.69, 9.17) is 0 Å². The molecule has 3 N–H and O–H groups in total. The molecule has 0 atom stereocenters. The van der Waals surface area contributed by atoms with Crippen molar-refractivity contribution in [3.63, 3.8) is 0 Å². The van der Waals surface area contributed by atoms with E-state index in [-0.39, 0.29) is 11.7 Å². The zero-order valence-corrected chi connectivity index (χ0v) is 14.4. The minimum absolute atomic E-state index is 0.116. The number of hydrogen-bond donors (Lipinski definition) is 3. The van der Waals surface area contributed by atoms with Crippen molar-refractivity contribution < 1.29 is 9.90 Å². The summed E-state index contributed by atoms with van der Waals surface area (Å²) in [5.74, 6) is -0.208. The number of anilines is 1. The summed E-state index contributed by atoms with van der Waals surface area (Å²) < 4.78 is 0. The quantitative estimate of drug-likeness (QED) is 0.506. The molecule has 0 unspecified atom stereocenters. The summed E-state index contributed by atoms with van der Waals surface area (Å²) in [6, 6.07) is 12.7. The Bertz CT molecular complexity index is 940. The third-order valence-corrected chi connectivity index (χ3v) is 3.99. The summed E-state index contributed by atoms with van der Waals surface area (Å²) in [5, 5.41) is 14.3. The number of aromatic hydroxyl groups is 1. The molecule has 128 valence electrons. The van der Waals surface area contributed by atoms with E-state index in [2.05, 4.69) is 15.5 Å². The molecule has 0 aliphatic rings. The third-order valence-electron chi connectivity index (χ3n) is 3.99. The number of nitrogens with one attached hydrogen (secondary N) is 2. The van der Waals surface area contributed by atoms with Gasteiger partial charge in [0, 0.05) is 36.4 Å². The topological polar surface area (TPSA) is 80.7 Å². The molecule has 0 saturated heterocycles. The van der Waals surface area contributed by atoms with Crippen LogP contribution in [0.4, 0.5) is 5.69 Å². The van der Waals surface area contributed by atoms with Crippen molar-refractivity contribution in [1.29, 1.82) is 0 Å². The SMILES string of the molecule is Cc1[nH]c2ccc(O)cc2c1C(=O)N/N=C/c1ccc(N(C)C)cc1. The maximum absolute atomic E-state index is 12.5. The number of aryl methyl sites for hydroxylation is 1. The molecule has 0 bridgehead atoms. The van der Waals surface area contributed by atoms with E-state index in [1.807, 2.05) is 50.2 Å². The zero-order chi connectivity index (χ0) is 18.0. The van der Waals surface area contributed by atoms with Crippen LogP contribution in [0.15, 0.2) is 47.6 Å². The fourth-order valence-electron chi connectivity index (χ4n) is 2.69. The molecule has 1 heterocycles. The first-order valence-electron chi connectivity index (χ1n) is 7.88. The molecule has 0 aliphatic heterocycles. The van der Waals surface area contributed by atoms with Gasteiger partial charge >= 0.3 is 0 Å². The lowest BCUT2D eigenvalue weighted by Gasteiger charge is -2.11. The third kappa shape index (κ3) is 3.47. The first-order chi connectivity index (χ1) is 12.0. The van der Waals surface area contributed by atoms with Gasteiger partial charge in [0.1, 0.15) is 5.75 Å². The summed E-state index contributed by atoms with van der Waals surface area (Å²) in [5.41, 5.74) is 6.52. The number of phenolic OH excluding ortho intramolecular Hbond substituents is 1. The van der Waals surface area contributed by atoms with E-state index in [0.29, 0.717) is 10.9 Å². The van der Waals surface area contributed by atoms with Crippen molar-refractivity contribution in [2.24, 2.45) is 5.10 Å². The number of hydrazone groups is 1. The summed E-state index contributed by atoms with van der Waals surface area (Å²) in [4.78, 5) is 17.6. The summed E-state index contributed by atoms with van der Waals surface area (Å²) in [6.07, 6.45) is 1.60. The molecule has 25 heavy (non-hydrogen) atoms. The number of nitrogens with zero attached hydrogens (tertiary/aromatic N) is 2. The van der Waals surface area contributed by atoms with Gasteiger partial charge in [-0.05, 0) is 42.8 Å². The van der Waals surface area contributed by atoms with Crippen LogP contribution in [0.3, 0.4) is 0 Å². The van der Waals surface area contributed by atoms with Crippen LogP contribution in [-0.4, -0.2) is 36.3 Å². The number of aromatic amines is 1. The maximum atomic E-state index is 12.5. The van der Waals surface area contributed by atoms with Crippen molar-refractivity contribution in [1.82, 2.24) is 10.4 Å². The number of rotatable bonds is 4. The van der Waals surface area contributed by atoms with E-state index in [9.17, 15) is 9.90 Å². The lowest BCUT2D eigenvalue weighted by atomic mass is 10.1. The van der Waals surface area contributed by atoms with Gasteiger partial charge in [-0.1, -0.05) is 12.1 Å². The van der Waals surface area contributed by atoms with Crippen LogP contribution >= 0.6 is 0 Å². The van der Waals surface area contributed by atoms with Gasteiger partial charge in [0.25, 0.3) is 5.91 Å². The number of fused-ring (bicyclic) bond motifs is 1. The van der Waals surface area contributed by atoms with Gasteiger partial charge in [0.2, 0.25) is 0 Å². The Hall–Kier alpha value is -3.28. The Morgan fingerprint density at radius 2 is 1.92 bits per heavy atom. The minimum Gasteiger partial charge on any atom is -0.508 e. The Morgan fingerprint density at radius 3 is 2.60 bits per heavy atom. The molecule has 2 aromatic carbocycles. The van der Waals surface area contributed by atoms with E-state index < -0.39 is 0 Å². The normalized spacial score (nSPS) is 11.2. The molecule has 0 spiro atoms. The number of phenols is 1. The average Bonchev–Trinajstić information content (AvgIpc) is 2.90. The van der Waals surface area contributed by atoms with Crippen molar-refractivity contribution in [3.05, 3.63) is 59.3 Å². The van der Waals surface area contributed by atoms with Crippen LogP contribution in [0, 0.1) is 6.92 Å². The highest BCUT2D eigenvalue weighted by Crippen LogP contribution is 2.25. The second kappa shape index (κ2) is 6.68. The van der Waals surface area contributed by atoms with Gasteiger partial charge in [0.15, 0.2) is 0 Å². The van der Waals surface area contributed by atoms with Crippen LogP contribution in [0.25, 0.3) is 10.9 Å². The van der Waals surface area contributed by atoms with Gasteiger partial charge in [-0.3, -0.25) is 4.79 Å². The highest BCUT2D eigenvalue weighted by molar-refractivity contribution is 6.08. The predicted octanol–water partition coefficient (Wildman–Crippen LogP) is 3.01. The van der Waals surface area contributed by atoms with Gasteiger partial charge in [-0.25, -0.2) is 5.43 Å². The van der Waals surface area contributed by atoms with Crippen molar-refractivity contribution in [2.75, 3.05) is 19.0 Å². The van der Waals surface area contributed by atoms with Crippen molar-refractivity contribution >= 4 is 28.7 Å². The molecule has 0 aliphatic carbocycles. The molecule has 0 fully saturated rings. The number of benzene rings is 2. The van der Waals surface area contributed by atoms with Crippen LogP contribution in [0.5, 0.6) is 5.75 Å². The monoisotopic (exact) mass is 336 g/mol. The van der Waals surface area contributed by atoms with Crippen LogP contribution in [-0.2, 0) is 0 Å². The van der Waals surface area contributed by atoms with Crippen molar-refractivity contribution in [2.45, 2.75) is 6.92 Å². The number of aromatic nitrogens is 1. The standard InChI is InChI=1S/C19H20N4O2/c1-12-18(16-10-15(24)8-9-17(16)21-12)19(25)22-20-11-13-4-6-14(7-5-13)23(2)3/h4-11,21,24H,1-3H3,(H,22,25)/b20-11+. The zero-order valence-electron chi connectivity index (χ0n) is 14.4. The van der Waals surface area contributed by atoms with E-state index in [1.165, 1.54) is 0 Å². The Balaban J connectivity index is 1.76. The number of H-pyrrole nitrogens is 1. The number of carbonyl (C=O) groups excluding carboxylic acids is 1. The van der Waals surface area contributed by atoms with E-state index >= 15 is 0 Å². The Labute approximate surface area is 145 Å². The average molecular weight is 336 g/mol. The molecule has 0 saturated carbocycles. The highest BCUT2D eigenvalue weighted by atomic mass is 16.3. The summed E-state index contributed by atoms with van der Waals surface area (Å²) >= 11 is 0. The smallest absolute Gasteiger partial charge is 0.273 e. The fraction of sp³-hybridized carbons (Fsp3) is 0.158. The molecular weight excluding hydrogens is 316 g/mol. The number of hydrogen-bond acceptors (Lipinski definition) is 4. The lowest BCUT2D eigenvalue weighted by molar-refractivity contribution is 0.0956. The first kappa shape index (κ1) is 16.6. The van der Waals surface area contributed by atoms with Crippen LogP contribution < -0.4 is 10.3 Å². The Kier molecular flexibility index (Phi) is 4.43. The second-order valence-corrected chi connectivity index (χ2v) is 6.04. The first-order valence-corrected chi connectivity index (χ1v) is 7.88. The summed E-state index contributed by atoms with van der Waals surface area (Å²) in [6.45, 7) is 1.82.